The highest BCUT2D eigenvalue weighted by molar-refractivity contribution is 5.69. The van der Waals surface area contributed by atoms with E-state index in [0.717, 1.165) is 17.1 Å². The van der Waals surface area contributed by atoms with Crippen LogP contribution in [0.2, 0.25) is 0 Å². The van der Waals surface area contributed by atoms with Crippen molar-refractivity contribution in [2.75, 3.05) is 0 Å². The first kappa shape index (κ1) is 10.5. The number of benzene rings is 1. The second-order valence-corrected chi connectivity index (χ2v) is 3.53. The monoisotopic (exact) mass is 216 g/mol. The Balaban J connectivity index is 2.22. The number of hydrogen-bond acceptors (Lipinski definition) is 3. The van der Waals surface area contributed by atoms with Crippen molar-refractivity contribution in [1.82, 2.24) is 0 Å². The number of rotatable bonds is 2. The highest BCUT2D eigenvalue weighted by atomic mass is 16.5. The van der Waals surface area contributed by atoms with Crippen molar-refractivity contribution in [2.24, 2.45) is 0 Å². The first-order chi connectivity index (χ1) is 7.65. The zero-order valence-corrected chi connectivity index (χ0v) is 9.19. The number of carbonyl (C=O) groups is 1. The molecule has 1 heterocycles. The zero-order valence-electron chi connectivity index (χ0n) is 9.19. The fourth-order valence-corrected chi connectivity index (χ4v) is 1.44. The van der Waals surface area contributed by atoms with Crippen LogP contribution in [0.15, 0.2) is 40.8 Å². The normalized spacial score (nSPS) is 10.1. The molecule has 0 saturated carbocycles. The summed E-state index contributed by atoms with van der Waals surface area (Å²) < 4.78 is 10.4. The molecule has 2 rings (SSSR count). The number of aryl methyl sites for hydroxylation is 1. The summed E-state index contributed by atoms with van der Waals surface area (Å²) in [5, 5.41) is 0. The van der Waals surface area contributed by atoms with Gasteiger partial charge in [-0.2, -0.15) is 0 Å². The molecule has 0 atom stereocenters. The summed E-state index contributed by atoms with van der Waals surface area (Å²) in [4.78, 5) is 10.7. The van der Waals surface area contributed by atoms with E-state index in [2.05, 4.69) is 0 Å². The van der Waals surface area contributed by atoms with Crippen molar-refractivity contribution in [2.45, 2.75) is 13.8 Å². The lowest BCUT2D eigenvalue weighted by atomic mass is 10.2. The van der Waals surface area contributed by atoms with E-state index in [1.165, 1.54) is 6.92 Å². The summed E-state index contributed by atoms with van der Waals surface area (Å²) in [5.74, 6) is 1.91. The second-order valence-electron chi connectivity index (χ2n) is 3.53. The van der Waals surface area contributed by atoms with Crippen molar-refractivity contribution in [3.63, 3.8) is 0 Å². The van der Waals surface area contributed by atoms with E-state index in [-0.39, 0.29) is 5.97 Å². The van der Waals surface area contributed by atoms with Crippen LogP contribution in [0.25, 0.3) is 11.3 Å². The smallest absolute Gasteiger partial charge is 0.308 e. The van der Waals surface area contributed by atoms with Crippen LogP contribution in [0, 0.1) is 6.92 Å². The standard InChI is InChI=1S/C13H12O3/c1-9-3-8-13(15-9)11-4-6-12(7-5-11)16-10(2)14/h3-8H,1-2H3. The largest absolute Gasteiger partial charge is 0.461 e. The number of esters is 1. The van der Waals surface area contributed by atoms with Gasteiger partial charge in [0.1, 0.15) is 17.3 Å². The predicted molar refractivity (Wildman–Crippen MR) is 60.2 cm³/mol. The Morgan fingerprint density at radius 3 is 2.31 bits per heavy atom. The maximum atomic E-state index is 10.7. The number of furan rings is 1. The lowest BCUT2D eigenvalue weighted by Crippen LogP contribution is -2.00. The Hall–Kier alpha value is -2.03. The molecular weight excluding hydrogens is 204 g/mol. The zero-order chi connectivity index (χ0) is 11.5. The third kappa shape index (κ3) is 2.31. The Bertz CT molecular complexity index is 494. The molecule has 0 aliphatic rings. The molecule has 0 aliphatic carbocycles. The van der Waals surface area contributed by atoms with Gasteiger partial charge in [-0.3, -0.25) is 4.79 Å². The van der Waals surface area contributed by atoms with Crippen molar-refractivity contribution < 1.29 is 13.9 Å². The third-order valence-corrected chi connectivity index (χ3v) is 2.14. The van der Waals surface area contributed by atoms with Crippen LogP contribution in [-0.4, -0.2) is 5.97 Å². The number of hydrogen-bond donors (Lipinski definition) is 0. The van der Waals surface area contributed by atoms with Crippen LogP contribution >= 0.6 is 0 Å². The fourth-order valence-electron chi connectivity index (χ4n) is 1.44. The van der Waals surface area contributed by atoms with E-state index in [1.54, 1.807) is 12.1 Å². The average molecular weight is 216 g/mol. The predicted octanol–water partition coefficient (Wildman–Crippen LogP) is 3.18. The summed E-state index contributed by atoms with van der Waals surface area (Å²) in [6, 6.07) is 11.0. The van der Waals surface area contributed by atoms with Gasteiger partial charge < -0.3 is 9.15 Å². The molecule has 0 spiro atoms. The van der Waals surface area contributed by atoms with Gasteiger partial charge in [-0.1, -0.05) is 0 Å². The van der Waals surface area contributed by atoms with E-state index in [1.807, 2.05) is 31.2 Å². The Morgan fingerprint density at radius 2 is 1.81 bits per heavy atom. The quantitative estimate of drug-likeness (QED) is 0.571. The van der Waals surface area contributed by atoms with Crippen LogP contribution < -0.4 is 4.74 Å². The Morgan fingerprint density at radius 1 is 1.12 bits per heavy atom. The molecule has 0 unspecified atom stereocenters. The van der Waals surface area contributed by atoms with Crippen molar-refractivity contribution in [3.8, 4) is 17.1 Å². The van der Waals surface area contributed by atoms with E-state index < -0.39 is 0 Å². The Labute approximate surface area is 93.7 Å². The van der Waals surface area contributed by atoms with Gasteiger partial charge >= 0.3 is 5.97 Å². The number of carbonyl (C=O) groups excluding carboxylic acids is 1. The topological polar surface area (TPSA) is 39.4 Å². The molecular formula is C13H12O3. The lowest BCUT2D eigenvalue weighted by Gasteiger charge is -2.01. The second kappa shape index (κ2) is 4.23. The molecule has 0 amide bonds. The summed E-state index contributed by atoms with van der Waals surface area (Å²) >= 11 is 0. The number of ether oxygens (including phenoxy) is 1. The summed E-state index contributed by atoms with van der Waals surface area (Å²) in [6.07, 6.45) is 0. The van der Waals surface area contributed by atoms with E-state index in [9.17, 15) is 4.79 Å². The molecule has 0 saturated heterocycles. The molecule has 2 aromatic rings. The highest BCUT2D eigenvalue weighted by Gasteiger charge is 2.03. The van der Waals surface area contributed by atoms with E-state index in [4.69, 9.17) is 9.15 Å². The van der Waals surface area contributed by atoms with Crippen molar-refractivity contribution in [3.05, 3.63) is 42.2 Å². The molecule has 0 bridgehead atoms. The van der Waals surface area contributed by atoms with Gasteiger partial charge in [-0.15, -0.1) is 0 Å². The van der Waals surface area contributed by atoms with E-state index >= 15 is 0 Å². The molecule has 0 N–H and O–H groups in total. The van der Waals surface area contributed by atoms with Crippen molar-refractivity contribution >= 4 is 5.97 Å². The maximum absolute atomic E-state index is 10.7. The molecule has 1 aromatic heterocycles. The van der Waals surface area contributed by atoms with E-state index in [0.29, 0.717) is 5.75 Å². The van der Waals surface area contributed by atoms with Gasteiger partial charge in [0.2, 0.25) is 0 Å². The minimum Gasteiger partial charge on any atom is -0.461 e. The van der Waals surface area contributed by atoms with Crippen molar-refractivity contribution in [1.29, 1.82) is 0 Å². The maximum Gasteiger partial charge on any atom is 0.308 e. The first-order valence-electron chi connectivity index (χ1n) is 5.00. The molecule has 0 fully saturated rings. The molecule has 0 radical (unpaired) electrons. The summed E-state index contributed by atoms with van der Waals surface area (Å²) in [6.45, 7) is 3.28. The minimum atomic E-state index is -0.318. The van der Waals surface area contributed by atoms with Crippen LogP contribution in [0.4, 0.5) is 0 Å². The Kier molecular flexibility index (Phi) is 2.77. The van der Waals surface area contributed by atoms with Gasteiger partial charge in [0, 0.05) is 12.5 Å². The fraction of sp³-hybridized carbons (Fsp3) is 0.154. The van der Waals surface area contributed by atoms with Gasteiger partial charge in [0.05, 0.1) is 0 Å². The van der Waals surface area contributed by atoms with Gasteiger partial charge in [-0.25, -0.2) is 0 Å². The summed E-state index contributed by atoms with van der Waals surface area (Å²) in [7, 11) is 0. The SMILES string of the molecule is CC(=O)Oc1ccc(-c2ccc(C)o2)cc1. The third-order valence-electron chi connectivity index (χ3n) is 2.14. The molecule has 3 nitrogen and oxygen atoms in total. The van der Waals surface area contributed by atoms with Crippen LogP contribution in [0.5, 0.6) is 5.75 Å². The van der Waals surface area contributed by atoms with Crippen LogP contribution in [0.3, 0.4) is 0 Å². The molecule has 16 heavy (non-hydrogen) atoms. The van der Waals surface area contributed by atoms with Crippen LogP contribution in [0.1, 0.15) is 12.7 Å². The first-order valence-corrected chi connectivity index (χ1v) is 5.00. The highest BCUT2D eigenvalue weighted by Crippen LogP contribution is 2.24. The van der Waals surface area contributed by atoms with Crippen LogP contribution in [-0.2, 0) is 4.79 Å². The minimum absolute atomic E-state index is 0.318. The van der Waals surface area contributed by atoms with Gasteiger partial charge in [-0.05, 0) is 43.3 Å². The molecule has 82 valence electrons. The summed E-state index contributed by atoms with van der Waals surface area (Å²) in [5.41, 5.74) is 0.962. The average Bonchev–Trinajstić information content (AvgIpc) is 2.65. The van der Waals surface area contributed by atoms with Gasteiger partial charge in [0.25, 0.3) is 0 Å². The van der Waals surface area contributed by atoms with Gasteiger partial charge in [0.15, 0.2) is 0 Å². The lowest BCUT2D eigenvalue weighted by molar-refractivity contribution is -0.131. The molecule has 1 aromatic carbocycles. The molecule has 3 heteroatoms. The molecule has 0 aliphatic heterocycles.